The molecule has 0 aliphatic heterocycles. The van der Waals surface area contributed by atoms with E-state index in [1.54, 1.807) is 26.0 Å². The summed E-state index contributed by atoms with van der Waals surface area (Å²) in [6.45, 7) is 4.19. The van der Waals surface area contributed by atoms with Crippen LogP contribution in [0.5, 0.6) is 5.75 Å². The Morgan fingerprint density at radius 3 is 2.71 bits per heavy atom. The van der Waals surface area contributed by atoms with Crippen molar-refractivity contribution in [1.82, 2.24) is 0 Å². The van der Waals surface area contributed by atoms with E-state index in [1.165, 1.54) is 6.07 Å². The van der Waals surface area contributed by atoms with Crippen LogP contribution in [-0.4, -0.2) is 32.5 Å². The quantitative estimate of drug-likeness (QED) is 0.759. The highest BCUT2D eigenvalue weighted by atomic mass is 32.2. The number of rotatable bonds is 6. The van der Waals surface area contributed by atoms with E-state index in [0.717, 1.165) is 0 Å². The van der Waals surface area contributed by atoms with Crippen molar-refractivity contribution in [2.45, 2.75) is 13.8 Å². The predicted molar refractivity (Wildman–Crippen MR) is 66.7 cm³/mol. The van der Waals surface area contributed by atoms with Gasteiger partial charge in [0.15, 0.2) is 0 Å². The third kappa shape index (κ3) is 4.62. The van der Waals surface area contributed by atoms with Crippen molar-refractivity contribution in [3.8, 4) is 5.75 Å². The van der Waals surface area contributed by atoms with Gasteiger partial charge in [-0.2, -0.15) is 0 Å². The summed E-state index contributed by atoms with van der Waals surface area (Å²) < 4.78 is 30.6. The molecule has 96 valence electrons. The van der Waals surface area contributed by atoms with Crippen LogP contribution in [0.1, 0.15) is 12.5 Å². The number of ether oxygens (including phenoxy) is 1. The molecular weight excluding hydrogens is 242 g/mol. The van der Waals surface area contributed by atoms with Gasteiger partial charge >= 0.3 is 0 Å². The first-order chi connectivity index (χ1) is 7.94. The predicted octanol–water partition coefficient (Wildman–Crippen LogP) is 1.48. The van der Waals surface area contributed by atoms with Gasteiger partial charge in [0, 0.05) is 12.7 Å². The Balaban J connectivity index is 2.66. The second-order valence-corrected chi connectivity index (χ2v) is 5.46. The van der Waals surface area contributed by atoms with Crippen molar-refractivity contribution >= 4 is 15.7 Å². The van der Waals surface area contributed by atoms with E-state index in [9.17, 15) is 13.5 Å². The van der Waals surface area contributed by atoms with Crippen LogP contribution >= 0.6 is 0 Å². The number of anilines is 1. The molecule has 0 fully saturated rings. The Bertz CT molecular complexity index is 470. The largest absolute Gasteiger partial charge is 0.508 e. The van der Waals surface area contributed by atoms with Crippen molar-refractivity contribution in [3.63, 3.8) is 0 Å². The summed E-state index contributed by atoms with van der Waals surface area (Å²) in [5, 5.41) is 9.45. The fraction of sp³-hybridized carbons (Fsp3) is 0.455. The molecule has 5 nitrogen and oxygen atoms in total. The maximum Gasteiger partial charge on any atom is 0.235 e. The van der Waals surface area contributed by atoms with Gasteiger partial charge in [0.25, 0.3) is 0 Å². The lowest BCUT2D eigenvalue weighted by Gasteiger charge is -2.09. The van der Waals surface area contributed by atoms with Gasteiger partial charge in [-0.1, -0.05) is 6.07 Å². The lowest BCUT2D eigenvalue weighted by atomic mass is 10.2. The molecular formula is C11H17NO4S. The Hall–Kier alpha value is -1.27. The van der Waals surface area contributed by atoms with Crippen molar-refractivity contribution in [2.24, 2.45) is 0 Å². The molecule has 0 aliphatic carbocycles. The van der Waals surface area contributed by atoms with Crippen LogP contribution < -0.4 is 4.72 Å². The van der Waals surface area contributed by atoms with Crippen LogP contribution in [0.4, 0.5) is 5.69 Å². The third-order valence-electron chi connectivity index (χ3n) is 2.18. The Labute approximate surface area is 101 Å². The molecule has 0 saturated heterocycles. The van der Waals surface area contributed by atoms with Crippen molar-refractivity contribution in [2.75, 3.05) is 23.7 Å². The highest BCUT2D eigenvalue weighted by molar-refractivity contribution is 7.92. The number of aromatic hydroxyl groups is 1. The van der Waals surface area contributed by atoms with Crippen molar-refractivity contribution < 1.29 is 18.3 Å². The summed E-state index contributed by atoms with van der Waals surface area (Å²) in [6.07, 6.45) is 0. The number of hydrogen-bond acceptors (Lipinski definition) is 4. The molecule has 0 spiro atoms. The summed E-state index contributed by atoms with van der Waals surface area (Å²) in [4.78, 5) is 0. The van der Waals surface area contributed by atoms with E-state index in [4.69, 9.17) is 4.74 Å². The number of benzene rings is 1. The van der Waals surface area contributed by atoms with Gasteiger partial charge in [-0.05, 0) is 25.5 Å². The van der Waals surface area contributed by atoms with E-state index in [0.29, 0.717) is 17.9 Å². The zero-order valence-electron chi connectivity index (χ0n) is 9.93. The van der Waals surface area contributed by atoms with E-state index < -0.39 is 10.0 Å². The zero-order chi connectivity index (χ0) is 12.9. The number of aryl methyl sites for hydroxylation is 1. The van der Waals surface area contributed by atoms with Crippen LogP contribution in [0.2, 0.25) is 0 Å². The van der Waals surface area contributed by atoms with Gasteiger partial charge in [-0.3, -0.25) is 4.72 Å². The molecule has 2 N–H and O–H groups in total. The minimum atomic E-state index is -3.42. The molecule has 0 unspecified atom stereocenters. The molecule has 6 heteroatoms. The maximum absolute atomic E-state index is 11.6. The maximum atomic E-state index is 11.6. The van der Waals surface area contributed by atoms with Gasteiger partial charge < -0.3 is 9.84 Å². The van der Waals surface area contributed by atoms with Gasteiger partial charge in [0.1, 0.15) is 5.75 Å². The molecule has 0 atom stereocenters. The summed E-state index contributed by atoms with van der Waals surface area (Å²) in [5.74, 6) is -0.0369. The SMILES string of the molecule is CCOCCS(=O)(=O)Nc1ccc(C)c(O)c1. The highest BCUT2D eigenvalue weighted by Gasteiger charge is 2.10. The van der Waals surface area contributed by atoms with Gasteiger partial charge in [0.2, 0.25) is 10.0 Å². The van der Waals surface area contributed by atoms with Gasteiger partial charge in [0.05, 0.1) is 18.0 Å². The lowest BCUT2D eigenvalue weighted by molar-refractivity contribution is 0.163. The van der Waals surface area contributed by atoms with E-state index in [2.05, 4.69) is 4.72 Å². The Morgan fingerprint density at radius 1 is 1.41 bits per heavy atom. The smallest absolute Gasteiger partial charge is 0.235 e. The standard InChI is InChI=1S/C11H17NO4S/c1-3-16-6-7-17(14,15)12-10-5-4-9(2)11(13)8-10/h4-5,8,12-13H,3,6-7H2,1-2H3. The topological polar surface area (TPSA) is 75.6 Å². The summed E-state index contributed by atoms with van der Waals surface area (Å²) in [5.41, 5.74) is 1.05. The minimum absolute atomic E-state index is 0.0648. The third-order valence-corrected chi connectivity index (χ3v) is 3.43. The number of phenolic OH excluding ortho intramolecular Hbond substituents is 1. The minimum Gasteiger partial charge on any atom is -0.508 e. The Kier molecular flexibility index (Phi) is 4.77. The van der Waals surface area contributed by atoms with Crippen molar-refractivity contribution in [3.05, 3.63) is 23.8 Å². The molecule has 17 heavy (non-hydrogen) atoms. The molecule has 0 saturated carbocycles. The van der Waals surface area contributed by atoms with Crippen molar-refractivity contribution in [1.29, 1.82) is 0 Å². The van der Waals surface area contributed by atoms with Crippen LogP contribution in [0.15, 0.2) is 18.2 Å². The fourth-order valence-electron chi connectivity index (χ4n) is 1.22. The number of sulfonamides is 1. The van der Waals surface area contributed by atoms with Crippen LogP contribution in [-0.2, 0) is 14.8 Å². The van der Waals surface area contributed by atoms with Crippen LogP contribution in [0.25, 0.3) is 0 Å². The molecule has 0 heterocycles. The second kappa shape index (κ2) is 5.88. The highest BCUT2D eigenvalue weighted by Crippen LogP contribution is 2.21. The average Bonchev–Trinajstić information content (AvgIpc) is 2.23. The lowest BCUT2D eigenvalue weighted by Crippen LogP contribution is -2.20. The molecule has 0 aromatic heterocycles. The first kappa shape index (κ1) is 13.8. The molecule has 0 bridgehead atoms. The molecule has 1 aromatic carbocycles. The molecule has 0 amide bonds. The number of nitrogens with one attached hydrogen (secondary N) is 1. The molecule has 0 radical (unpaired) electrons. The summed E-state index contributed by atoms with van der Waals surface area (Å²) in [7, 11) is -3.42. The van der Waals surface area contributed by atoms with E-state index in [1.807, 2.05) is 0 Å². The van der Waals surface area contributed by atoms with E-state index >= 15 is 0 Å². The summed E-state index contributed by atoms with van der Waals surface area (Å²) in [6, 6.07) is 4.64. The first-order valence-corrected chi connectivity index (χ1v) is 6.97. The second-order valence-electron chi connectivity index (χ2n) is 3.62. The molecule has 1 aromatic rings. The zero-order valence-corrected chi connectivity index (χ0v) is 10.8. The normalized spacial score (nSPS) is 11.4. The summed E-state index contributed by atoms with van der Waals surface area (Å²) >= 11 is 0. The monoisotopic (exact) mass is 259 g/mol. The van der Waals surface area contributed by atoms with Gasteiger partial charge in [-0.15, -0.1) is 0 Å². The Morgan fingerprint density at radius 2 is 2.12 bits per heavy atom. The van der Waals surface area contributed by atoms with E-state index in [-0.39, 0.29) is 18.1 Å². The average molecular weight is 259 g/mol. The molecule has 1 rings (SSSR count). The fourth-order valence-corrected chi connectivity index (χ4v) is 2.14. The molecule has 0 aliphatic rings. The van der Waals surface area contributed by atoms with Crippen LogP contribution in [0, 0.1) is 6.92 Å². The first-order valence-electron chi connectivity index (χ1n) is 5.32. The number of phenols is 1. The van der Waals surface area contributed by atoms with Crippen LogP contribution in [0.3, 0.4) is 0 Å². The van der Waals surface area contributed by atoms with Gasteiger partial charge in [-0.25, -0.2) is 8.42 Å². The number of hydrogen-bond donors (Lipinski definition) is 2.